The van der Waals surface area contributed by atoms with Crippen LogP contribution in [0.15, 0.2) is 0 Å². The summed E-state index contributed by atoms with van der Waals surface area (Å²) in [5.41, 5.74) is 5.97. The van der Waals surface area contributed by atoms with Gasteiger partial charge in [-0.05, 0) is 51.6 Å². The molecule has 1 fully saturated rings. The van der Waals surface area contributed by atoms with Gasteiger partial charge in [-0.2, -0.15) is 0 Å². The van der Waals surface area contributed by atoms with Crippen molar-refractivity contribution < 1.29 is 0 Å². The first-order valence-electron chi connectivity index (χ1n) is 7.27. The fourth-order valence-electron chi connectivity index (χ4n) is 2.75. The Bertz CT molecular complexity index is 170. The van der Waals surface area contributed by atoms with Gasteiger partial charge in [0.05, 0.1) is 0 Å². The van der Waals surface area contributed by atoms with Gasteiger partial charge in [-0.1, -0.05) is 26.7 Å². The zero-order chi connectivity index (χ0) is 11.8. The van der Waals surface area contributed by atoms with Crippen molar-refractivity contribution in [2.24, 2.45) is 5.73 Å². The van der Waals surface area contributed by atoms with Gasteiger partial charge in [0.15, 0.2) is 0 Å². The molecule has 2 heteroatoms. The van der Waals surface area contributed by atoms with Crippen molar-refractivity contribution in [3.05, 3.63) is 0 Å². The molecule has 0 aromatic heterocycles. The van der Waals surface area contributed by atoms with Crippen LogP contribution in [-0.2, 0) is 0 Å². The molecule has 0 aromatic carbocycles. The molecular formula is C14H30N2. The second kappa shape index (κ2) is 8.08. The molecular weight excluding hydrogens is 196 g/mol. The molecule has 0 saturated carbocycles. The number of nitrogens with two attached hydrogens (primary N) is 1. The Labute approximate surface area is 102 Å². The molecule has 0 spiro atoms. The third-order valence-corrected chi connectivity index (χ3v) is 4.01. The van der Waals surface area contributed by atoms with E-state index in [2.05, 4.69) is 18.7 Å². The largest absolute Gasteiger partial charge is 0.328 e. The van der Waals surface area contributed by atoms with Crippen LogP contribution in [0, 0.1) is 0 Å². The molecule has 1 saturated heterocycles. The smallest absolute Gasteiger partial charge is 0.00926 e. The van der Waals surface area contributed by atoms with Crippen molar-refractivity contribution in [2.45, 2.75) is 77.3 Å². The summed E-state index contributed by atoms with van der Waals surface area (Å²) in [7, 11) is 0. The quantitative estimate of drug-likeness (QED) is 0.754. The van der Waals surface area contributed by atoms with Crippen molar-refractivity contribution in [1.29, 1.82) is 0 Å². The molecule has 1 heterocycles. The van der Waals surface area contributed by atoms with Gasteiger partial charge in [0.1, 0.15) is 0 Å². The standard InChI is InChI=1S/C14H30N2/c1-3-13(15)9-8-12-16-11-7-5-6-10-14(16)4-2/h13-14H,3-12,15H2,1-2H3. The maximum Gasteiger partial charge on any atom is 0.00926 e. The van der Waals surface area contributed by atoms with E-state index in [0.29, 0.717) is 6.04 Å². The van der Waals surface area contributed by atoms with Crippen molar-refractivity contribution in [3.63, 3.8) is 0 Å². The monoisotopic (exact) mass is 226 g/mol. The minimum atomic E-state index is 0.423. The summed E-state index contributed by atoms with van der Waals surface area (Å²) in [5, 5.41) is 0. The lowest BCUT2D eigenvalue weighted by molar-refractivity contribution is 0.189. The summed E-state index contributed by atoms with van der Waals surface area (Å²) in [6.45, 7) is 7.11. The van der Waals surface area contributed by atoms with Gasteiger partial charge >= 0.3 is 0 Å². The molecule has 0 aromatic rings. The molecule has 1 aliphatic heterocycles. The maximum atomic E-state index is 5.97. The molecule has 0 radical (unpaired) electrons. The fourth-order valence-corrected chi connectivity index (χ4v) is 2.75. The molecule has 16 heavy (non-hydrogen) atoms. The topological polar surface area (TPSA) is 29.3 Å². The van der Waals surface area contributed by atoms with E-state index in [1.165, 1.54) is 58.0 Å². The average molecular weight is 226 g/mol. The predicted molar refractivity (Wildman–Crippen MR) is 71.6 cm³/mol. The van der Waals surface area contributed by atoms with E-state index in [0.717, 1.165) is 12.5 Å². The minimum Gasteiger partial charge on any atom is -0.328 e. The summed E-state index contributed by atoms with van der Waals surface area (Å²) < 4.78 is 0. The van der Waals surface area contributed by atoms with E-state index < -0.39 is 0 Å². The molecule has 2 atom stereocenters. The van der Waals surface area contributed by atoms with Crippen LogP contribution in [0.25, 0.3) is 0 Å². The molecule has 1 rings (SSSR count). The van der Waals surface area contributed by atoms with E-state index in [1.54, 1.807) is 0 Å². The number of likely N-dealkylation sites (tertiary alicyclic amines) is 1. The third kappa shape index (κ3) is 4.84. The Morgan fingerprint density at radius 2 is 2.06 bits per heavy atom. The number of hydrogen-bond acceptors (Lipinski definition) is 2. The highest BCUT2D eigenvalue weighted by Gasteiger charge is 2.18. The van der Waals surface area contributed by atoms with Crippen LogP contribution >= 0.6 is 0 Å². The first kappa shape index (κ1) is 14.0. The molecule has 2 N–H and O–H groups in total. The van der Waals surface area contributed by atoms with Crippen LogP contribution in [0.4, 0.5) is 0 Å². The highest BCUT2D eigenvalue weighted by Crippen LogP contribution is 2.19. The lowest BCUT2D eigenvalue weighted by atomic mass is 10.1. The first-order chi connectivity index (χ1) is 7.77. The van der Waals surface area contributed by atoms with Crippen LogP contribution < -0.4 is 5.73 Å². The molecule has 0 amide bonds. The highest BCUT2D eigenvalue weighted by molar-refractivity contribution is 4.74. The van der Waals surface area contributed by atoms with Crippen molar-refractivity contribution in [1.82, 2.24) is 4.90 Å². The molecule has 0 aliphatic carbocycles. The van der Waals surface area contributed by atoms with E-state index in [4.69, 9.17) is 5.73 Å². The zero-order valence-corrected chi connectivity index (χ0v) is 11.3. The molecule has 0 bridgehead atoms. The Morgan fingerprint density at radius 3 is 2.75 bits per heavy atom. The molecule has 2 unspecified atom stereocenters. The van der Waals surface area contributed by atoms with Crippen LogP contribution in [0.3, 0.4) is 0 Å². The summed E-state index contributed by atoms with van der Waals surface area (Å²) in [5.74, 6) is 0. The van der Waals surface area contributed by atoms with Gasteiger partial charge in [-0.25, -0.2) is 0 Å². The molecule has 96 valence electrons. The number of nitrogens with zero attached hydrogens (tertiary/aromatic N) is 1. The summed E-state index contributed by atoms with van der Waals surface area (Å²) in [4.78, 5) is 2.72. The SMILES string of the molecule is CCC(N)CCCN1CCCCCC1CC. The normalized spacial score (nSPS) is 25.3. The summed E-state index contributed by atoms with van der Waals surface area (Å²) in [6, 6.07) is 1.27. The lowest BCUT2D eigenvalue weighted by Crippen LogP contribution is -2.35. The first-order valence-corrected chi connectivity index (χ1v) is 7.27. The molecule has 2 nitrogen and oxygen atoms in total. The highest BCUT2D eigenvalue weighted by atomic mass is 15.1. The molecule has 1 aliphatic rings. The van der Waals surface area contributed by atoms with Crippen molar-refractivity contribution in [3.8, 4) is 0 Å². The van der Waals surface area contributed by atoms with Crippen molar-refractivity contribution in [2.75, 3.05) is 13.1 Å². The maximum absolute atomic E-state index is 5.97. The summed E-state index contributed by atoms with van der Waals surface area (Å²) >= 11 is 0. The van der Waals surface area contributed by atoms with Gasteiger partial charge in [0, 0.05) is 12.1 Å². The Kier molecular flexibility index (Phi) is 7.06. The Morgan fingerprint density at radius 1 is 1.25 bits per heavy atom. The lowest BCUT2D eigenvalue weighted by Gasteiger charge is -2.29. The van der Waals surface area contributed by atoms with Gasteiger partial charge < -0.3 is 10.6 Å². The van der Waals surface area contributed by atoms with Crippen LogP contribution in [0.2, 0.25) is 0 Å². The van der Waals surface area contributed by atoms with Crippen molar-refractivity contribution >= 4 is 0 Å². The number of hydrogen-bond donors (Lipinski definition) is 1. The minimum absolute atomic E-state index is 0.423. The Hall–Kier alpha value is -0.0800. The number of rotatable bonds is 6. The zero-order valence-electron chi connectivity index (χ0n) is 11.3. The Balaban J connectivity index is 2.25. The van der Waals surface area contributed by atoms with E-state index in [1.807, 2.05) is 0 Å². The van der Waals surface area contributed by atoms with Gasteiger partial charge in [0.25, 0.3) is 0 Å². The predicted octanol–water partition coefficient (Wildman–Crippen LogP) is 3.16. The van der Waals surface area contributed by atoms with Gasteiger partial charge in [0.2, 0.25) is 0 Å². The van der Waals surface area contributed by atoms with E-state index in [-0.39, 0.29) is 0 Å². The van der Waals surface area contributed by atoms with Gasteiger partial charge in [-0.15, -0.1) is 0 Å². The van der Waals surface area contributed by atoms with Crippen LogP contribution in [0.5, 0.6) is 0 Å². The van der Waals surface area contributed by atoms with Crippen LogP contribution in [0.1, 0.15) is 65.2 Å². The fraction of sp³-hybridized carbons (Fsp3) is 1.00. The third-order valence-electron chi connectivity index (χ3n) is 4.01. The summed E-state index contributed by atoms with van der Waals surface area (Å²) in [6.07, 6.45) is 10.6. The second-order valence-electron chi connectivity index (χ2n) is 5.26. The van der Waals surface area contributed by atoms with Crippen LogP contribution in [-0.4, -0.2) is 30.1 Å². The van der Waals surface area contributed by atoms with Gasteiger partial charge in [-0.3, -0.25) is 0 Å². The average Bonchev–Trinajstić information content (AvgIpc) is 2.53. The van der Waals surface area contributed by atoms with E-state index >= 15 is 0 Å². The van der Waals surface area contributed by atoms with E-state index in [9.17, 15) is 0 Å². The second-order valence-corrected chi connectivity index (χ2v) is 5.26.